The topological polar surface area (TPSA) is 48.5 Å². The molecule has 0 aliphatic heterocycles. The molecule has 0 fully saturated rings. The second kappa shape index (κ2) is 14.7. The lowest BCUT2D eigenvalue weighted by Crippen LogP contribution is -2.07. The largest absolute Gasteiger partial charge is 0.307 e. The molecule has 0 N–H and O–H groups in total. The minimum Gasteiger partial charge on any atom is -0.307 e. The van der Waals surface area contributed by atoms with E-state index in [4.69, 9.17) is 15.0 Å². The van der Waals surface area contributed by atoms with Crippen LogP contribution in [0.15, 0.2) is 224 Å². The Morgan fingerprint density at radius 2 is 0.694 bits per heavy atom. The van der Waals surface area contributed by atoms with E-state index in [-0.39, 0.29) is 0 Å². The summed E-state index contributed by atoms with van der Waals surface area (Å²) in [5, 5.41) is 4.58. The average Bonchev–Trinajstić information content (AvgIpc) is 3.88. The van der Waals surface area contributed by atoms with Crippen LogP contribution in [0, 0.1) is 0 Å². The van der Waals surface area contributed by atoms with E-state index in [1.54, 1.807) is 0 Å². The molecular weight excluding hydrogens is 755 g/mol. The van der Waals surface area contributed by atoms with Crippen LogP contribution in [0.2, 0.25) is 0 Å². The van der Waals surface area contributed by atoms with Gasteiger partial charge in [-0.3, -0.25) is 4.57 Å². The van der Waals surface area contributed by atoms with E-state index in [0.717, 1.165) is 71.9 Å². The average molecular weight is 792 g/mol. The SMILES string of the molecule is c1ccc(-c2cccc(-c3nc(-c4ccccc4)nc(-n4c5ccccc5c5c(-c6ccccc6)c(-c6ccccc6)c6c7ccccc7n(-c7ccccc7)c6c54)n3)c2)cc1. The summed E-state index contributed by atoms with van der Waals surface area (Å²) >= 11 is 0. The predicted octanol–water partition coefficient (Wildman–Crippen LogP) is 14.4. The zero-order valence-electron chi connectivity index (χ0n) is 33.6. The fourth-order valence-corrected chi connectivity index (χ4v) is 9.30. The van der Waals surface area contributed by atoms with Gasteiger partial charge in [0.25, 0.3) is 0 Å². The monoisotopic (exact) mass is 791 g/mol. The van der Waals surface area contributed by atoms with Crippen LogP contribution in [0.25, 0.3) is 111 Å². The number of hydrogen-bond acceptors (Lipinski definition) is 3. The molecule has 62 heavy (non-hydrogen) atoms. The highest BCUT2D eigenvalue weighted by atomic mass is 15.2. The van der Waals surface area contributed by atoms with E-state index in [0.29, 0.717) is 17.6 Å². The van der Waals surface area contributed by atoms with Crippen LogP contribution < -0.4 is 0 Å². The Hall–Kier alpha value is -8.41. The first-order valence-electron chi connectivity index (χ1n) is 21.0. The molecule has 290 valence electrons. The van der Waals surface area contributed by atoms with Gasteiger partial charge in [0.1, 0.15) is 0 Å². The Morgan fingerprint density at radius 3 is 1.26 bits per heavy atom. The van der Waals surface area contributed by atoms with Crippen molar-refractivity contribution in [2.75, 3.05) is 0 Å². The highest BCUT2D eigenvalue weighted by molar-refractivity contribution is 6.33. The van der Waals surface area contributed by atoms with Gasteiger partial charge >= 0.3 is 0 Å². The van der Waals surface area contributed by atoms with E-state index in [2.05, 4.69) is 209 Å². The summed E-state index contributed by atoms with van der Waals surface area (Å²) in [6.07, 6.45) is 0. The smallest absolute Gasteiger partial charge is 0.238 e. The maximum atomic E-state index is 5.48. The Bertz CT molecular complexity index is 3600. The van der Waals surface area contributed by atoms with E-state index < -0.39 is 0 Å². The van der Waals surface area contributed by atoms with Crippen LogP contribution in [-0.4, -0.2) is 24.1 Å². The fraction of sp³-hybridized carbons (Fsp3) is 0. The maximum Gasteiger partial charge on any atom is 0.238 e. The van der Waals surface area contributed by atoms with Gasteiger partial charge in [0.15, 0.2) is 11.6 Å². The minimum absolute atomic E-state index is 0.544. The first kappa shape index (κ1) is 35.5. The molecule has 0 amide bonds. The van der Waals surface area contributed by atoms with Gasteiger partial charge in [-0.05, 0) is 52.6 Å². The molecule has 0 atom stereocenters. The van der Waals surface area contributed by atoms with Crippen molar-refractivity contribution < 1.29 is 0 Å². The molecule has 0 bridgehead atoms. The summed E-state index contributed by atoms with van der Waals surface area (Å²) in [7, 11) is 0. The number of hydrogen-bond donors (Lipinski definition) is 0. The summed E-state index contributed by atoms with van der Waals surface area (Å²) in [6, 6.07) is 79.2. The second-order valence-corrected chi connectivity index (χ2v) is 15.6. The lowest BCUT2D eigenvalue weighted by Gasteiger charge is -2.18. The maximum absolute atomic E-state index is 5.48. The van der Waals surface area contributed by atoms with Crippen LogP contribution in [0.5, 0.6) is 0 Å². The molecule has 0 saturated heterocycles. The first-order chi connectivity index (χ1) is 30.8. The number of aromatic nitrogens is 5. The molecule has 12 aromatic rings. The van der Waals surface area contributed by atoms with Gasteiger partial charge < -0.3 is 4.57 Å². The standard InChI is InChI=1S/C57H37N5/c1-6-21-38(22-7-1)42-29-20-30-43(37-42)56-58-55(41-27-12-4-13-28-41)59-57(60-56)62-48-36-19-17-34-46(48)52-50(40-25-10-3-11-26-40)49(39-23-8-2-9-24-39)51-45-33-16-18-35-47(45)61(53(51)54(52)62)44-31-14-5-15-32-44/h1-37H. The number of rotatable bonds is 7. The summed E-state index contributed by atoms with van der Waals surface area (Å²) in [5.41, 5.74) is 14.0. The van der Waals surface area contributed by atoms with Crippen LogP contribution in [0.4, 0.5) is 0 Å². The number of fused-ring (bicyclic) bond motifs is 7. The van der Waals surface area contributed by atoms with Gasteiger partial charge in [-0.15, -0.1) is 0 Å². The summed E-state index contributed by atoms with van der Waals surface area (Å²) < 4.78 is 4.73. The lowest BCUT2D eigenvalue weighted by molar-refractivity contribution is 0.953. The van der Waals surface area contributed by atoms with Crippen molar-refractivity contribution in [1.29, 1.82) is 0 Å². The van der Waals surface area contributed by atoms with Gasteiger partial charge in [0, 0.05) is 49.5 Å². The first-order valence-corrected chi connectivity index (χ1v) is 21.0. The highest BCUT2D eigenvalue weighted by Gasteiger charge is 2.29. The van der Waals surface area contributed by atoms with Crippen molar-refractivity contribution in [3.05, 3.63) is 224 Å². The van der Waals surface area contributed by atoms with Gasteiger partial charge in [-0.2, -0.15) is 9.97 Å². The van der Waals surface area contributed by atoms with Gasteiger partial charge in [0.05, 0.1) is 22.1 Å². The zero-order chi connectivity index (χ0) is 41.0. The van der Waals surface area contributed by atoms with Crippen LogP contribution in [-0.2, 0) is 0 Å². The van der Waals surface area contributed by atoms with E-state index in [9.17, 15) is 0 Å². The van der Waals surface area contributed by atoms with Crippen LogP contribution >= 0.6 is 0 Å². The third-order valence-corrected chi connectivity index (χ3v) is 11.9. The normalized spacial score (nSPS) is 11.5. The fourth-order valence-electron chi connectivity index (χ4n) is 9.30. The van der Waals surface area contributed by atoms with Gasteiger partial charge in [-0.25, -0.2) is 4.98 Å². The van der Waals surface area contributed by atoms with E-state index >= 15 is 0 Å². The lowest BCUT2D eigenvalue weighted by atomic mass is 9.87. The van der Waals surface area contributed by atoms with Gasteiger partial charge in [-0.1, -0.05) is 194 Å². The number of nitrogens with zero attached hydrogens (tertiary/aromatic N) is 5. The summed E-state index contributed by atoms with van der Waals surface area (Å²) in [6.45, 7) is 0. The third kappa shape index (κ3) is 5.75. The molecule has 3 aromatic heterocycles. The van der Waals surface area contributed by atoms with Crippen molar-refractivity contribution >= 4 is 43.6 Å². The minimum atomic E-state index is 0.544. The molecule has 3 heterocycles. The predicted molar refractivity (Wildman–Crippen MR) is 256 cm³/mol. The molecule has 5 nitrogen and oxygen atoms in total. The number of benzene rings is 9. The Kier molecular flexibility index (Phi) is 8.42. The molecule has 5 heteroatoms. The Balaban J connectivity index is 1.30. The molecular formula is C57H37N5. The molecule has 0 unspecified atom stereocenters. The molecule has 12 rings (SSSR count). The molecule has 0 saturated carbocycles. The highest BCUT2D eigenvalue weighted by Crippen LogP contribution is 2.52. The third-order valence-electron chi connectivity index (χ3n) is 11.9. The zero-order valence-corrected chi connectivity index (χ0v) is 33.6. The van der Waals surface area contributed by atoms with Gasteiger partial charge in [0.2, 0.25) is 5.95 Å². The molecule has 0 aliphatic carbocycles. The Morgan fingerprint density at radius 1 is 0.290 bits per heavy atom. The van der Waals surface area contributed by atoms with Crippen molar-refractivity contribution in [2.24, 2.45) is 0 Å². The van der Waals surface area contributed by atoms with Crippen LogP contribution in [0.1, 0.15) is 0 Å². The molecule has 9 aromatic carbocycles. The summed E-state index contributed by atoms with van der Waals surface area (Å²) in [5.74, 6) is 1.75. The number of para-hydroxylation sites is 3. The quantitative estimate of drug-likeness (QED) is 0.162. The second-order valence-electron chi connectivity index (χ2n) is 15.6. The van der Waals surface area contributed by atoms with E-state index in [1.165, 1.54) is 21.9 Å². The van der Waals surface area contributed by atoms with Crippen molar-refractivity contribution in [3.63, 3.8) is 0 Å². The van der Waals surface area contributed by atoms with Crippen molar-refractivity contribution in [1.82, 2.24) is 24.1 Å². The Labute approximate surface area is 358 Å². The molecule has 0 radical (unpaired) electrons. The molecule has 0 aliphatic rings. The van der Waals surface area contributed by atoms with E-state index in [1.807, 2.05) is 24.3 Å². The van der Waals surface area contributed by atoms with Crippen molar-refractivity contribution in [3.8, 4) is 67.8 Å². The van der Waals surface area contributed by atoms with Crippen molar-refractivity contribution in [2.45, 2.75) is 0 Å². The van der Waals surface area contributed by atoms with Crippen LogP contribution in [0.3, 0.4) is 0 Å². The molecule has 0 spiro atoms. The summed E-state index contributed by atoms with van der Waals surface area (Å²) in [4.78, 5) is 16.1.